The molecule has 1 heterocycles. The molecule has 0 spiro atoms. The lowest BCUT2D eigenvalue weighted by Crippen LogP contribution is -2.40. The number of carbonyl (C=O) groups excluding carboxylic acids is 1. The van der Waals surface area contributed by atoms with Crippen LogP contribution in [0.25, 0.3) is 0 Å². The van der Waals surface area contributed by atoms with E-state index in [1.165, 1.54) is 4.31 Å². The minimum absolute atomic E-state index is 0.170. The van der Waals surface area contributed by atoms with Crippen molar-refractivity contribution in [2.75, 3.05) is 49.6 Å². The molecule has 0 bridgehead atoms. The summed E-state index contributed by atoms with van der Waals surface area (Å²) >= 11 is 5.92. The number of hydrogen-bond acceptors (Lipinski definition) is 5. The zero-order valence-corrected chi connectivity index (χ0v) is 20.1. The van der Waals surface area contributed by atoms with Crippen LogP contribution in [0.15, 0.2) is 47.4 Å². The number of benzene rings is 2. The molecule has 7 nitrogen and oxygen atoms in total. The number of amides is 1. The molecule has 32 heavy (non-hydrogen) atoms. The quantitative estimate of drug-likeness (QED) is 0.592. The Hall–Kier alpha value is -2.13. The van der Waals surface area contributed by atoms with Crippen molar-refractivity contribution >= 4 is 38.9 Å². The highest BCUT2D eigenvalue weighted by Gasteiger charge is 2.27. The molecule has 1 amide bonds. The van der Waals surface area contributed by atoms with Crippen molar-refractivity contribution in [1.29, 1.82) is 0 Å². The van der Waals surface area contributed by atoms with Crippen molar-refractivity contribution in [3.63, 3.8) is 0 Å². The van der Waals surface area contributed by atoms with Crippen molar-refractivity contribution in [3.8, 4) is 0 Å². The maximum Gasteiger partial charge on any atom is 0.243 e. The molecule has 1 fully saturated rings. The lowest BCUT2D eigenvalue weighted by Gasteiger charge is -2.28. The molecule has 1 saturated heterocycles. The van der Waals surface area contributed by atoms with E-state index in [4.69, 9.17) is 16.3 Å². The predicted molar refractivity (Wildman–Crippen MR) is 128 cm³/mol. The van der Waals surface area contributed by atoms with Crippen LogP contribution in [0, 0.1) is 0 Å². The summed E-state index contributed by atoms with van der Waals surface area (Å²) in [6, 6.07) is 12.3. The van der Waals surface area contributed by atoms with Gasteiger partial charge in [0, 0.05) is 37.6 Å². The number of ether oxygens (including phenoxy) is 1. The third-order valence-corrected chi connectivity index (χ3v) is 7.65. The number of rotatable bonds is 9. The monoisotopic (exact) mass is 479 g/mol. The first-order valence-corrected chi connectivity index (χ1v) is 12.7. The van der Waals surface area contributed by atoms with E-state index >= 15 is 0 Å². The van der Waals surface area contributed by atoms with Crippen molar-refractivity contribution in [3.05, 3.63) is 53.1 Å². The van der Waals surface area contributed by atoms with Crippen molar-refractivity contribution in [1.82, 2.24) is 4.31 Å². The van der Waals surface area contributed by atoms with Crippen LogP contribution >= 0.6 is 11.6 Å². The van der Waals surface area contributed by atoms with Crippen LogP contribution in [0.5, 0.6) is 0 Å². The summed E-state index contributed by atoms with van der Waals surface area (Å²) in [6.45, 7) is 6.92. The number of carbonyl (C=O) groups is 1. The summed E-state index contributed by atoms with van der Waals surface area (Å²) in [5.41, 5.74) is 2.32. The molecule has 1 aliphatic rings. The number of aryl methyl sites for hydroxylation is 1. The Morgan fingerprint density at radius 3 is 2.38 bits per heavy atom. The van der Waals surface area contributed by atoms with Crippen LogP contribution in [0.4, 0.5) is 11.4 Å². The molecular weight excluding hydrogens is 450 g/mol. The van der Waals surface area contributed by atoms with E-state index in [0.717, 1.165) is 24.3 Å². The molecule has 1 aliphatic heterocycles. The first kappa shape index (κ1) is 24.5. The van der Waals surface area contributed by atoms with Gasteiger partial charge in [0.15, 0.2) is 0 Å². The van der Waals surface area contributed by atoms with Crippen LogP contribution in [-0.4, -0.2) is 58.0 Å². The zero-order valence-electron chi connectivity index (χ0n) is 18.5. The number of anilines is 2. The maximum atomic E-state index is 13.1. The van der Waals surface area contributed by atoms with Crippen LogP contribution in [0.1, 0.15) is 25.8 Å². The lowest BCUT2D eigenvalue weighted by atomic mass is 10.1. The van der Waals surface area contributed by atoms with Gasteiger partial charge in [0.1, 0.15) is 0 Å². The van der Waals surface area contributed by atoms with E-state index in [2.05, 4.69) is 10.2 Å². The minimum Gasteiger partial charge on any atom is -0.379 e. The van der Waals surface area contributed by atoms with E-state index in [-0.39, 0.29) is 17.2 Å². The van der Waals surface area contributed by atoms with Gasteiger partial charge in [-0.25, -0.2) is 8.42 Å². The van der Waals surface area contributed by atoms with Gasteiger partial charge in [-0.05, 0) is 56.2 Å². The fraction of sp³-hybridized carbons (Fsp3) is 0.435. The first-order chi connectivity index (χ1) is 15.3. The van der Waals surface area contributed by atoms with Crippen molar-refractivity contribution in [2.24, 2.45) is 0 Å². The highest BCUT2D eigenvalue weighted by molar-refractivity contribution is 7.89. The summed E-state index contributed by atoms with van der Waals surface area (Å²) < 4.78 is 32.9. The van der Waals surface area contributed by atoms with Crippen LogP contribution in [-0.2, 0) is 26.0 Å². The Balaban J connectivity index is 1.82. The fourth-order valence-electron chi connectivity index (χ4n) is 3.67. The second-order valence-electron chi connectivity index (χ2n) is 7.54. The third-order valence-electron chi connectivity index (χ3n) is 5.51. The van der Waals surface area contributed by atoms with E-state index in [9.17, 15) is 13.2 Å². The van der Waals surface area contributed by atoms with Crippen LogP contribution in [0.2, 0.25) is 5.02 Å². The number of sulfonamides is 1. The summed E-state index contributed by atoms with van der Waals surface area (Å²) in [6.07, 6.45) is 0.842. The molecule has 2 aromatic rings. The summed E-state index contributed by atoms with van der Waals surface area (Å²) in [5, 5.41) is 3.60. The Kier molecular flexibility index (Phi) is 8.53. The molecule has 9 heteroatoms. The average Bonchev–Trinajstić information content (AvgIpc) is 2.81. The normalized spacial score (nSPS) is 14.8. The van der Waals surface area contributed by atoms with Crippen molar-refractivity contribution < 1.29 is 17.9 Å². The molecule has 3 rings (SSSR count). The van der Waals surface area contributed by atoms with E-state index in [1.807, 2.05) is 26.0 Å². The number of nitrogens with one attached hydrogen (secondary N) is 1. The number of nitrogens with zero attached hydrogens (tertiary/aromatic N) is 2. The smallest absolute Gasteiger partial charge is 0.243 e. The van der Waals surface area contributed by atoms with Crippen molar-refractivity contribution in [2.45, 2.75) is 31.6 Å². The van der Waals surface area contributed by atoms with Gasteiger partial charge in [-0.2, -0.15) is 4.31 Å². The number of halogens is 1. The highest BCUT2D eigenvalue weighted by atomic mass is 35.5. The molecule has 174 valence electrons. The molecule has 0 atom stereocenters. The van der Waals surface area contributed by atoms with Gasteiger partial charge in [-0.15, -0.1) is 0 Å². The van der Waals surface area contributed by atoms with Gasteiger partial charge in [0.25, 0.3) is 0 Å². The SMILES string of the molecule is CCN(CC)c1ccc(S(=O)(=O)N2CCOCC2)cc1NC(=O)CCc1ccc(Cl)cc1. The van der Waals surface area contributed by atoms with Crippen LogP contribution in [0.3, 0.4) is 0 Å². The molecule has 0 aliphatic carbocycles. The highest BCUT2D eigenvalue weighted by Crippen LogP contribution is 2.30. The molecule has 0 aromatic heterocycles. The maximum absolute atomic E-state index is 13.1. The summed E-state index contributed by atoms with van der Waals surface area (Å²) in [4.78, 5) is 15.0. The number of morpholine rings is 1. The minimum atomic E-state index is -3.66. The largest absolute Gasteiger partial charge is 0.379 e. The second kappa shape index (κ2) is 11.1. The average molecular weight is 480 g/mol. The standard InChI is InChI=1S/C23H30ClN3O4S/c1-3-26(4-2)22-11-10-20(32(29,30)27-13-15-31-16-14-27)17-21(22)25-23(28)12-7-18-5-8-19(24)9-6-18/h5-6,8-11,17H,3-4,7,12-16H2,1-2H3,(H,25,28). The second-order valence-corrected chi connectivity index (χ2v) is 9.92. The Morgan fingerprint density at radius 1 is 1.09 bits per heavy atom. The third kappa shape index (κ3) is 6.01. The van der Waals surface area contributed by atoms with E-state index in [1.54, 1.807) is 30.3 Å². The zero-order chi connectivity index (χ0) is 23.1. The molecule has 0 radical (unpaired) electrons. The molecular formula is C23H30ClN3O4S. The summed E-state index contributed by atoms with van der Waals surface area (Å²) in [7, 11) is -3.66. The van der Waals surface area contributed by atoms with Gasteiger partial charge in [0.2, 0.25) is 15.9 Å². The Bertz CT molecular complexity index is 1020. The number of hydrogen-bond donors (Lipinski definition) is 1. The van der Waals surface area contributed by atoms with Crippen LogP contribution < -0.4 is 10.2 Å². The molecule has 1 N–H and O–H groups in total. The Labute approximate surface area is 195 Å². The van der Waals surface area contributed by atoms with E-state index in [0.29, 0.717) is 43.4 Å². The first-order valence-electron chi connectivity index (χ1n) is 10.9. The predicted octanol–water partition coefficient (Wildman–Crippen LogP) is 3.78. The van der Waals surface area contributed by atoms with Gasteiger partial charge in [0.05, 0.1) is 29.5 Å². The van der Waals surface area contributed by atoms with Gasteiger partial charge >= 0.3 is 0 Å². The van der Waals surface area contributed by atoms with Gasteiger partial charge < -0.3 is 15.0 Å². The fourth-order valence-corrected chi connectivity index (χ4v) is 5.23. The molecule has 0 unspecified atom stereocenters. The summed E-state index contributed by atoms with van der Waals surface area (Å²) in [5.74, 6) is -0.172. The van der Waals surface area contributed by atoms with Gasteiger partial charge in [-0.3, -0.25) is 4.79 Å². The topological polar surface area (TPSA) is 79.0 Å². The lowest BCUT2D eigenvalue weighted by molar-refractivity contribution is -0.116. The molecule has 2 aromatic carbocycles. The Morgan fingerprint density at radius 2 is 1.75 bits per heavy atom. The van der Waals surface area contributed by atoms with Gasteiger partial charge in [-0.1, -0.05) is 23.7 Å². The molecule has 0 saturated carbocycles. The van der Waals surface area contributed by atoms with E-state index < -0.39 is 10.0 Å².